The van der Waals surface area contributed by atoms with Crippen LogP contribution in [0, 0.1) is 5.41 Å². The lowest BCUT2D eigenvalue weighted by Crippen LogP contribution is -2.30. The Morgan fingerprint density at radius 3 is 2.38 bits per heavy atom. The number of nitrogens with two attached hydrogens (primary N) is 1. The summed E-state index contributed by atoms with van der Waals surface area (Å²) in [6.07, 6.45) is 5.46. The van der Waals surface area contributed by atoms with Crippen molar-refractivity contribution in [2.45, 2.75) is 58.6 Å². The van der Waals surface area contributed by atoms with Crippen LogP contribution in [0.1, 0.15) is 46.5 Å². The molecule has 0 saturated heterocycles. The molecule has 2 N–H and O–H groups in total. The van der Waals surface area contributed by atoms with Crippen molar-refractivity contribution < 1.29 is 4.74 Å². The lowest BCUT2D eigenvalue weighted by Gasteiger charge is -2.34. The van der Waals surface area contributed by atoms with Gasteiger partial charge in [-0.2, -0.15) is 0 Å². The van der Waals surface area contributed by atoms with E-state index >= 15 is 0 Å². The highest BCUT2D eigenvalue weighted by Gasteiger charge is 2.27. The summed E-state index contributed by atoms with van der Waals surface area (Å²) < 4.78 is 5.71. The Kier molecular flexibility index (Phi) is 3.74. The molecule has 1 fully saturated rings. The summed E-state index contributed by atoms with van der Waals surface area (Å²) in [6.45, 7) is 7.39. The fraction of sp³-hybridized carbons (Fsp3) is 1.00. The van der Waals surface area contributed by atoms with E-state index in [0.29, 0.717) is 18.1 Å². The zero-order valence-corrected chi connectivity index (χ0v) is 9.18. The van der Waals surface area contributed by atoms with Gasteiger partial charge in [-0.1, -0.05) is 13.8 Å². The molecule has 78 valence electrons. The molecule has 13 heavy (non-hydrogen) atoms. The highest BCUT2D eigenvalue weighted by molar-refractivity contribution is 4.78. The highest BCUT2D eigenvalue weighted by Crippen LogP contribution is 2.36. The van der Waals surface area contributed by atoms with Crippen LogP contribution in [0.15, 0.2) is 0 Å². The van der Waals surface area contributed by atoms with Crippen molar-refractivity contribution in [2.24, 2.45) is 11.1 Å². The topological polar surface area (TPSA) is 35.2 Å². The second kappa shape index (κ2) is 4.43. The van der Waals surface area contributed by atoms with E-state index in [1.807, 2.05) is 6.92 Å². The quantitative estimate of drug-likeness (QED) is 0.732. The van der Waals surface area contributed by atoms with E-state index in [0.717, 1.165) is 0 Å². The Balaban J connectivity index is 2.18. The molecule has 1 aliphatic rings. The van der Waals surface area contributed by atoms with Crippen molar-refractivity contribution in [3.05, 3.63) is 0 Å². The Labute approximate surface area is 81.8 Å². The first-order valence-corrected chi connectivity index (χ1v) is 5.37. The summed E-state index contributed by atoms with van der Waals surface area (Å²) in [6, 6.07) is 0.176. The van der Waals surface area contributed by atoms with Gasteiger partial charge in [0.2, 0.25) is 0 Å². The normalized spacial score (nSPS) is 25.8. The second-order valence-corrected chi connectivity index (χ2v) is 5.17. The van der Waals surface area contributed by atoms with E-state index in [2.05, 4.69) is 13.8 Å². The van der Waals surface area contributed by atoms with Crippen LogP contribution in [0.3, 0.4) is 0 Å². The minimum absolute atomic E-state index is 0.176. The van der Waals surface area contributed by atoms with Crippen LogP contribution in [0.25, 0.3) is 0 Å². The lowest BCUT2D eigenvalue weighted by atomic mass is 9.76. The Morgan fingerprint density at radius 2 is 1.92 bits per heavy atom. The first-order chi connectivity index (χ1) is 5.99. The number of hydrogen-bond donors (Lipinski definition) is 1. The minimum atomic E-state index is 0.176. The number of rotatable bonds is 3. The first-order valence-electron chi connectivity index (χ1n) is 5.37. The molecule has 0 aromatic carbocycles. The van der Waals surface area contributed by atoms with Crippen molar-refractivity contribution in [3.8, 4) is 0 Å². The van der Waals surface area contributed by atoms with Gasteiger partial charge < -0.3 is 10.5 Å². The molecule has 1 saturated carbocycles. The van der Waals surface area contributed by atoms with Crippen LogP contribution in [0.2, 0.25) is 0 Å². The molecule has 0 aromatic heterocycles. The van der Waals surface area contributed by atoms with Gasteiger partial charge in [-0.05, 0) is 38.0 Å². The van der Waals surface area contributed by atoms with Crippen molar-refractivity contribution in [1.29, 1.82) is 0 Å². The average molecular weight is 185 g/mol. The van der Waals surface area contributed by atoms with Gasteiger partial charge in [0.1, 0.15) is 0 Å². The zero-order valence-electron chi connectivity index (χ0n) is 9.18. The van der Waals surface area contributed by atoms with E-state index in [1.54, 1.807) is 0 Å². The zero-order chi connectivity index (χ0) is 9.90. The van der Waals surface area contributed by atoms with Crippen LogP contribution in [-0.2, 0) is 4.74 Å². The van der Waals surface area contributed by atoms with Gasteiger partial charge >= 0.3 is 0 Å². The monoisotopic (exact) mass is 185 g/mol. The molecule has 1 atom stereocenters. The molecule has 0 radical (unpaired) electrons. The molecule has 0 heterocycles. The molecular formula is C11H23NO. The van der Waals surface area contributed by atoms with Crippen LogP contribution in [0.5, 0.6) is 0 Å². The molecule has 0 bridgehead atoms. The molecule has 0 aliphatic heterocycles. The first kappa shape index (κ1) is 11.0. The SMILES string of the molecule is C[C@H](N)COC1CCC(C)(C)CC1. The third-order valence-corrected chi connectivity index (χ3v) is 2.88. The van der Waals surface area contributed by atoms with Gasteiger partial charge in [-0.25, -0.2) is 0 Å². The van der Waals surface area contributed by atoms with Crippen LogP contribution in [0.4, 0.5) is 0 Å². The molecular weight excluding hydrogens is 162 g/mol. The van der Waals surface area contributed by atoms with Gasteiger partial charge in [0.25, 0.3) is 0 Å². The van der Waals surface area contributed by atoms with E-state index in [1.165, 1.54) is 25.7 Å². The second-order valence-electron chi connectivity index (χ2n) is 5.17. The van der Waals surface area contributed by atoms with Crippen LogP contribution < -0.4 is 5.73 Å². The minimum Gasteiger partial charge on any atom is -0.377 e. The highest BCUT2D eigenvalue weighted by atomic mass is 16.5. The number of ether oxygens (including phenoxy) is 1. The van der Waals surface area contributed by atoms with E-state index in [4.69, 9.17) is 10.5 Å². The standard InChI is InChI=1S/C11H23NO/c1-9(12)8-13-10-4-6-11(2,3)7-5-10/h9-10H,4-8,12H2,1-3H3/t9-/m0/s1. The van der Waals surface area contributed by atoms with Gasteiger partial charge in [-0.3, -0.25) is 0 Å². The van der Waals surface area contributed by atoms with E-state index in [-0.39, 0.29) is 6.04 Å². The summed E-state index contributed by atoms with van der Waals surface area (Å²) in [7, 11) is 0. The smallest absolute Gasteiger partial charge is 0.0618 e. The maximum Gasteiger partial charge on any atom is 0.0618 e. The lowest BCUT2D eigenvalue weighted by molar-refractivity contribution is 0.0000638. The van der Waals surface area contributed by atoms with E-state index < -0.39 is 0 Å². The summed E-state index contributed by atoms with van der Waals surface area (Å²) in [5, 5.41) is 0. The van der Waals surface area contributed by atoms with Crippen molar-refractivity contribution in [1.82, 2.24) is 0 Å². The Morgan fingerprint density at radius 1 is 1.38 bits per heavy atom. The van der Waals surface area contributed by atoms with Crippen LogP contribution in [-0.4, -0.2) is 18.8 Å². The predicted molar refractivity (Wildman–Crippen MR) is 55.6 cm³/mol. The predicted octanol–water partition coefficient (Wildman–Crippen LogP) is 2.32. The molecule has 1 rings (SSSR count). The maximum absolute atomic E-state index is 5.71. The van der Waals surface area contributed by atoms with Crippen molar-refractivity contribution in [3.63, 3.8) is 0 Å². The van der Waals surface area contributed by atoms with Crippen LogP contribution >= 0.6 is 0 Å². The fourth-order valence-corrected chi connectivity index (χ4v) is 1.83. The van der Waals surface area contributed by atoms with E-state index in [9.17, 15) is 0 Å². The Bertz CT molecular complexity index is 141. The molecule has 0 aromatic rings. The molecule has 2 nitrogen and oxygen atoms in total. The molecule has 1 aliphatic carbocycles. The molecule has 0 unspecified atom stereocenters. The molecule has 0 amide bonds. The number of hydrogen-bond acceptors (Lipinski definition) is 2. The maximum atomic E-state index is 5.71. The average Bonchev–Trinajstić information content (AvgIpc) is 2.02. The summed E-state index contributed by atoms with van der Waals surface area (Å²) in [5.74, 6) is 0. The van der Waals surface area contributed by atoms with Gasteiger partial charge in [0.15, 0.2) is 0 Å². The summed E-state index contributed by atoms with van der Waals surface area (Å²) in [5.41, 5.74) is 6.17. The molecule has 2 heteroatoms. The molecule has 0 spiro atoms. The van der Waals surface area contributed by atoms with Crippen molar-refractivity contribution in [2.75, 3.05) is 6.61 Å². The third-order valence-electron chi connectivity index (χ3n) is 2.88. The third kappa shape index (κ3) is 4.10. The Hall–Kier alpha value is -0.0800. The van der Waals surface area contributed by atoms with Gasteiger partial charge in [0, 0.05) is 6.04 Å². The fourth-order valence-electron chi connectivity index (χ4n) is 1.83. The summed E-state index contributed by atoms with van der Waals surface area (Å²) in [4.78, 5) is 0. The van der Waals surface area contributed by atoms with Crippen molar-refractivity contribution >= 4 is 0 Å². The largest absolute Gasteiger partial charge is 0.377 e. The summed E-state index contributed by atoms with van der Waals surface area (Å²) >= 11 is 0. The van der Waals surface area contributed by atoms with Gasteiger partial charge in [-0.15, -0.1) is 0 Å². The van der Waals surface area contributed by atoms with Gasteiger partial charge in [0.05, 0.1) is 12.7 Å².